The van der Waals surface area contributed by atoms with Gasteiger partial charge in [0.25, 0.3) is 0 Å². The van der Waals surface area contributed by atoms with E-state index < -0.39 is 0 Å². The second kappa shape index (κ2) is 7.12. The average molecular weight is 317 g/mol. The fraction of sp³-hybridized carbons (Fsp3) is 0.389. The third kappa shape index (κ3) is 3.99. The van der Waals surface area contributed by atoms with Crippen molar-refractivity contribution in [3.05, 3.63) is 58.9 Å². The van der Waals surface area contributed by atoms with E-state index >= 15 is 0 Å². The SMILES string of the molecule is CC1CCN(Cc2cc(Cl)ccc2OCc2cccnc2)C1. The first-order chi connectivity index (χ1) is 10.7. The number of aromatic nitrogens is 1. The lowest BCUT2D eigenvalue weighted by atomic mass is 10.1. The number of halogens is 1. The molecule has 1 aromatic heterocycles. The summed E-state index contributed by atoms with van der Waals surface area (Å²) < 4.78 is 5.99. The number of rotatable bonds is 5. The first-order valence-electron chi connectivity index (χ1n) is 7.73. The third-order valence-electron chi connectivity index (χ3n) is 4.04. The molecule has 2 aromatic rings. The largest absolute Gasteiger partial charge is 0.489 e. The highest BCUT2D eigenvalue weighted by Crippen LogP contribution is 2.27. The van der Waals surface area contributed by atoms with E-state index in [-0.39, 0.29) is 0 Å². The van der Waals surface area contributed by atoms with Gasteiger partial charge in [0, 0.05) is 41.6 Å². The van der Waals surface area contributed by atoms with Crippen LogP contribution in [0, 0.1) is 5.92 Å². The minimum Gasteiger partial charge on any atom is -0.489 e. The quantitative estimate of drug-likeness (QED) is 0.828. The van der Waals surface area contributed by atoms with Gasteiger partial charge in [0.05, 0.1) is 0 Å². The van der Waals surface area contributed by atoms with Crippen molar-refractivity contribution in [1.82, 2.24) is 9.88 Å². The molecule has 0 aliphatic carbocycles. The van der Waals surface area contributed by atoms with E-state index in [4.69, 9.17) is 16.3 Å². The Labute approximate surface area is 136 Å². The highest BCUT2D eigenvalue weighted by molar-refractivity contribution is 6.30. The Bertz CT molecular complexity index is 618. The van der Waals surface area contributed by atoms with Crippen LogP contribution in [0.4, 0.5) is 0 Å². The van der Waals surface area contributed by atoms with Gasteiger partial charge in [-0.05, 0) is 43.1 Å². The summed E-state index contributed by atoms with van der Waals surface area (Å²) in [4.78, 5) is 6.58. The molecule has 1 unspecified atom stereocenters. The Balaban J connectivity index is 1.70. The van der Waals surface area contributed by atoms with Gasteiger partial charge >= 0.3 is 0 Å². The van der Waals surface area contributed by atoms with Crippen molar-refractivity contribution < 1.29 is 4.74 Å². The van der Waals surface area contributed by atoms with Crippen LogP contribution in [0.2, 0.25) is 5.02 Å². The number of benzene rings is 1. The van der Waals surface area contributed by atoms with Gasteiger partial charge in [-0.3, -0.25) is 9.88 Å². The predicted octanol–water partition coefficient (Wildman–Crippen LogP) is 4.16. The van der Waals surface area contributed by atoms with Crippen molar-refractivity contribution in [3.63, 3.8) is 0 Å². The number of pyridine rings is 1. The van der Waals surface area contributed by atoms with Crippen LogP contribution in [0.5, 0.6) is 5.75 Å². The van der Waals surface area contributed by atoms with Crippen LogP contribution in [0.15, 0.2) is 42.7 Å². The molecule has 0 N–H and O–H groups in total. The molecule has 0 amide bonds. The topological polar surface area (TPSA) is 25.4 Å². The molecule has 1 aliphatic heterocycles. The van der Waals surface area contributed by atoms with E-state index in [1.807, 2.05) is 36.5 Å². The first kappa shape index (κ1) is 15.3. The second-order valence-electron chi connectivity index (χ2n) is 6.03. The average Bonchev–Trinajstić information content (AvgIpc) is 2.93. The predicted molar refractivity (Wildman–Crippen MR) is 89.1 cm³/mol. The summed E-state index contributed by atoms with van der Waals surface area (Å²) in [6.45, 7) is 6.02. The van der Waals surface area contributed by atoms with Gasteiger partial charge in [-0.15, -0.1) is 0 Å². The molecule has 22 heavy (non-hydrogen) atoms. The lowest BCUT2D eigenvalue weighted by Gasteiger charge is -2.18. The van der Waals surface area contributed by atoms with Crippen molar-refractivity contribution >= 4 is 11.6 Å². The molecule has 0 bridgehead atoms. The molecule has 1 saturated heterocycles. The molecule has 3 nitrogen and oxygen atoms in total. The van der Waals surface area contributed by atoms with Crippen molar-refractivity contribution in [1.29, 1.82) is 0 Å². The Morgan fingerprint density at radius 3 is 3.00 bits per heavy atom. The van der Waals surface area contributed by atoms with Crippen molar-refractivity contribution in [3.8, 4) is 5.75 Å². The van der Waals surface area contributed by atoms with E-state index in [1.54, 1.807) is 6.20 Å². The molecular weight excluding hydrogens is 296 g/mol. The van der Waals surface area contributed by atoms with E-state index in [0.717, 1.165) is 47.5 Å². The van der Waals surface area contributed by atoms with Crippen molar-refractivity contribution in [2.75, 3.05) is 13.1 Å². The van der Waals surface area contributed by atoms with Gasteiger partial charge in [-0.2, -0.15) is 0 Å². The normalized spacial score (nSPS) is 18.5. The molecule has 1 aliphatic rings. The van der Waals surface area contributed by atoms with E-state index in [2.05, 4.69) is 16.8 Å². The van der Waals surface area contributed by atoms with Gasteiger partial charge in [0.15, 0.2) is 0 Å². The monoisotopic (exact) mass is 316 g/mol. The Kier molecular flexibility index (Phi) is 4.96. The van der Waals surface area contributed by atoms with Gasteiger partial charge in [-0.25, -0.2) is 0 Å². The molecule has 3 rings (SSSR count). The molecular formula is C18H21ClN2O. The number of hydrogen-bond acceptors (Lipinski definition) is 3. The van der Waals surface area contributed by atoms with Gasteiger partial charge < -0.3 is 4.74 Å². The Morgan fingerprint density at radius 2 is 2.27 bits per heavy atom. The van der Waals surface area contributed by atoms with Crippen molar-refractivity contribution in [2.45, 2.75) is 26.5 Å². The van der Waals surface area contributed by atoms with Gasteiger partial charge in [-0.1, -0.05) is 24.6 Å². The molecule has 1 fully saturated rings. The summed E-state index contributed by atoms with van der Waals surface area (Å²) in [5.74, 6) is 1.69. The summed E-state index contributed by atoms with van der Waals surface area (Å²) in [7, 11) is 0. The summed E-state index contributed by atoms with van der Waals surface area (Å²) in [5, 5.41) is 0.760. The maximum absolute atomic E-state index is 6.16. The zero-order valence-electron chi connectivity index (χ0n) is 12.8. The summed E-state index contributed by atoms with van der Waals surface area (Å²) in [6.07, 6.45) is 4.87. The maximum Gasteiger partial charge on any atom is 0.124 e. The molecule has 0 saturated carbocycles. The van der Waals surface area contributed by atoms with E-state index in [9.17, 15) is 0 Å². The number of likely N-dealkylation sites (tertiary alicyclic amines) is 1. The second-order valence-corrected chi connectivity index (χ2v) is 6.47. The highest BCUT2D eigenvalue weighted by Gasteiger charge is 2.20. The first-order valence-corrected chi connectivity index (χ1v) is 8.11. The standard InChI is InChI=1S/C18H21ClN2O/c1-14-6-8-21(11-14)12-16-9-17(19)4-5-18(16)22-13-15-3-2-7-20-10-15/h2-5,7,9-10,14H,6,8,11-13H2,1H3. The van der Waals surface area contributed by atoms with Gasteiger partial charge in [0.1, 0.15) is 12.4 Å². The van der Waals surface area contributed by atoms with Crippen molar-refractivity contribution in [2.24, 2.45) is 5.92 Å². The van der Waals surface area contributed by atoms with Crippen LogP contribution in [0.25, 0.3) is 0 Å². The summed E-state index contributed by atoms with van der Waals surface area (Å²) in [6, 6.07) is 9.81. The zero-order chi connectivity index (χ0) is 15.4. The summed E-state index contributed by atoms with van der Waals surface area (Å²) in [5.41, 5.74) is 2.23. The Morgan fingerprint density at radius 1 is 1.36 bits per heavy atom. The van der Waals surface area contributed by atoms with Crippen LogP contribution in [-0.2, 0) is 13.2 Å². The third-order valence-corrected chi connectivity index (χ3v) is 4.28. The maximum atomic E-state index is 6.16. The number of hydrogen-bond donors (Lipinski definition) is 0. The molecule has 4 heteroatoms. The number of nitrogens with zero attached hydrogens (tertiary/aromatic N) is 2. The molecule has 116 valence electrons. The van der Waals surface area contributed by atoms with Crippen LogP contribution >= 0.6 is 11.6 Å². The molecule has 2 heterocycles. The molecule has 0 radical (unpaired) electrons. The molecule has 1 atom stereocenters. The van der Waals surface area contributed by atoms with E-state index in [0.29, 0.717) is 6.61 Å². The van der Waals surface area contributed by atoms with Crippen LogP contribution in [0.1, 0.15) is 24.5 Å². The van der Waals surface area contributed by atoms with Crippen LogP contribution < -0.4 is 4.74 Å². The Hall–Kier alpha value is -1.58. The highest BCUT2D eigenvalue weighted by atomic mass is 35.5. The zero-order valence-corrected chi connectivity index (χ0v) is 13.6. The fourth-order valence-corrected chi connectivity index (χ4v) is 3.06. The minimum absolute atomic E-state index is 0.527. The molecule has 0 spiro atoms. The summed E-state index contributed by atoms with van der Waals surface area (Å²) >= 11 is 6.16. The fourth-order valence-electron chi connectivity index (χ4n) is 2.87. The van der Waals surface area contributed by atoms with Crippen LogP contribution in [-0.4, -0.2) is 23.0 Å². The number of ether oxygens (including phenoxy) is 1. The smallest absolute Gasteiger partial charge is 0.124 e. The minimum atomic E-state index is 0.527. The molecule has 1 aromatic carbocycles. The van der Waals surface area contributed by atoms with Gasteiger partial charge in [0.2, 0.25) is 0 Å². The van der Waals surface area contributed by atoms with E-state index in [1.165, 1.54) is 6.42 Å². The van der Waals surface area contributed by atoms with Crippen LogP contribution in [0.3, 0.4) is 0 Å². The lowest BCUT2D eigenvalue weighted by Crippen LogP contribution is -2.20. The lowest BCUT2D eigenvalue weighted by molar-refractivity contribution is 0.282.